The van der Waals surface area contributed by atoms with Gasteiger partial charge in [0.15, 0.2) is 0 Å². The lowest BCUT2D eigenvalue weighted by Gasteiger charge is -2.19. The maximum atomic E-state index is 11.9. The zero-order valence-electron chi connectivity index (χ0n) is 10.5. The molecule has 5 nitrogen and oxygen atoms in total. The third-order valence-corrected chi connectivity index (χ3v) is 2.32. The third kappa shape index (κ3) is 4.42. The van der Waals surface area contributed by atoms with Crippen LogP contribution in [0, 0.1) is 11.3 Å². The predicted octanol–water partition coefficient (Wildman–Crippen LogP) is 2.74. The number of nitrogens with zero attached hydrogens (tertiary/aromatic N) is 3. The van der Waals surface area contributed by atoms with E-state index in [1.807, 2.05) is 13.0 Å². The van der Waals surface area contributed by atoms with Gasteiger partial charge in [-0.05, 0) is 18.6 Å². The molecule has 0 aliphatic heterocycles. The Morgan fingerprint density at radius 3 is 3.00 bits per heavy atom. The van der Waals surface area contributed by atoms with Crippen LogP contribution in [-0.4, -0.2) is 24.2 Å². The van der Waals surface area contributed by atoms with Crippen molar-refractivity contribution >= 4 is 11.9 Å². The number of amides is 1. The van der Waals surface area contributed by atoms with E-state index in [1.54, 1.807) is 24.4 Å². The van der Waals surface area contributed by atoms with Crippen molar-refractivity contribution in [2.24, 2.45) is 0 Å². The van der Waals surface area contributed by atoms with Crippen LogP contribution in [0.1, 0.15) is 26.2 Å². The molecule has 1 amide bonds. The number of unbranched alkanes of at least 4 members (excludes halogenated alkanes) is 1. The SMILES string of the molecule is CCCCOC(=O)N(CCC#N)c1ccccn1. The van der Waals surface area contributed by atoms with Gasteiger partial charge in [0.25, 0.3) is 0 Å². The molecular formula is C13H17N3O2. The van der Waals surface area contributed by atoms with Crippen molar-refractivity contribution < 1.29 is 9.53 Å². The van der Waals surface area contributed by atoms with Gasteiger partial charge in [-0.3, -0.25) is 4.90 Å². The molecule has 0 saturated carbocycles. The lowest BCUT2D eigenvalue weighted by Crippen LogP contribution is -2.33. The van der Waals surface area contributed by atoms with Crippen molar-refractivity contribution in [3.8, 4) is 6.07 Å². The first-order valence-electron chi connectivity index (χ1n) is 6.02. The maximum absolute atomic E-state index is 11.9. The number of pyridine rings is 1. The minimum absolute atomic E-state index is 0.249. The summed E-state index contributed by atoms with van der Waals surface area (Å²) in [7, 11) is 0. The smallest absolute Gasteiger partial charge is 0.415 e. The molecule has 1 aromatic rings. The summed E-state index contributed by atoms with van der Waals surface area (Å²) in [6.45, 7) is 2.71. The van der Waals surface area contributed by atoms with Crippen LogP contribution in [0.25, 0.3) is 0 Å². The Morgan fingerprint density at radius 2 is 2.39 bits per heavy atom. The molecule has 0 aromatic carbocycles. The Balaban J connectivity index is 2.66. The Labute approximate surface area is 107 Å². The van der Waals surface area contributed by atoms with Gasteiger partial charge < -0.3 is 4.74 Å². The van der Waals surface area contributed by atoms with Gasteiger partial charge >= 0.3 is 6.09 Å². The summed E-state index contributed by atoms with van der Waals surface area (Å²) in [5, 5.41) is 8.61. The van der Waals surface area contributed by atoms with E-state index in [0.29, 0.717) is 19.0 Å². The van der Waals surface area contributed by atoms with Crippen LogP contribution in [0.3, 0.4) is 0 Å². The lowest BCUT2D eigenvalue weighted by atomic mass is 10.3. The molecule has 96 valence electrons. The molecule has 0 saturated heterocycles. The number of carbonyl (C=O) groups is 1. The average molecular weight is 247 g/mol. The monoisotopic (exact) mass is 247 g/mol. The molecule has 5 heteroatoms. The van der Waals surface area contributed by atoms with E-state index in [9.17, 15) is 4.79 Å². The second-order valence-electron chi connectivity index (χ2n) is 3.72. The summed E-state index contributed by atoms with van der Waals surface area (Å²) in [5.41, 5.74) is 0. The summed E-state index contributed by atoms with van der Waals surface area (Å²) in [6.07, 6.45) is 3.21. The van der Waals surface area contributed by atoms with E-state index in [-0.39, 0.29) is 6.42 Å². The number of rotatable bonds is 6. The fourth-order valence-corrected chi connectivity index (χ4v) is 1.36. The van der Waals surface area contributed by atoms with E-state index in [4.69, 9.17) is 10.00 Å². The van der Waals surface area contributed by atoms with Crippen molar-refractivity contribution in [3.63, 3.8) is 0 Å². The van der Waals surface area contributed by atoms with Crippen LogP contribution < -0.4 is 4.90 Å². The molecule has 1 rings (SSSR count). The van der Waals surface area contributed by atoms with E-state index >= 15 is 0 Å². The van der Waals surface area contributed by atoms with Gasteiger partial charge in [-0.25, -0.2) is 9.78 Å². The van der Waals surface area contributed by atoms with Gasteiger partial charge in [-0.15, -0.1) is 0 Å². The molecule has 0 atom stereocenters. The van der Waals surface area contributed by atoms with Gasteiger partial charge in [0.2, 0.25) is 0 Å². The molecule has 0 bridgehead atoms. The van der Waals surface area contributed by atoms with E-state index in [0.717, 1.165) is 12.8 Å². The molecule has 0 aliphatic rings. The standard InChI is InChI=1S/C13H17N3O2/c1-2-3-11-18-13(17)16(10-6-8-14)12-7-4-5-9-15-12/h4-5,7,9H,2-3,6,10-11H2,1H3. The van der Waals surface area contributed by atoms with Crippen LogP contribution >= 0.6 is 0 Å². The Bertz CT molecular complexity index is 400. The highest BCUT2D eigenvalue weighted by atomic mass is 16.6. The molecule has 0 unspecified atom stereocenters. The van der Waals surface area contributed by atoms with Gasteiger partial charge in [-0.2, -0.15) is 5.26 Å². The minimum Gasteiger partial charge on any atom is -0.449 e. The van der Waals surface area contributed by atoms with Crippen LogP contribution in [0.5, 0.6) is 0 Å². The molecule has 1 aromatic heterocycles. The van der Waals surface area contributed by atoms with Crippen molar-refractivity contribution in [3.05, 3.63) is 24.4 Å². The fourth-order valence-electron chi connectivity index (χ4n) is 1.36. The summed E-state index contributed by atoms with van der Waals surface area (Å²) < 4.78 is 5.13. The van der Waals surface area contributed by atoms with Gasteiger partial charge in [0.1, 0.15) is 5.82 Å². The summed E-state index contributed by atoms with van der Waals surface area (Å²) in [4.78, 5) is 17.4. The number of anilines is 1. The molecule has 0 radical (unpaired) electrons. The maximum Gasteiger partial charge on any atom is 0.415 e. The number of hydrogen-bond donors (Lipinski definition) is 0. The zero-order valence-corrected chi connectivity index (χ0v) is 10.5. The van der Waals surface area contributed by atoms with Crippen molar-refractivity contribution in [1.29, 1.82) is 5.26 Å². The number of ether oxygens (including phenoxy) is 1. The number of carbonyl (C=O) groups excluding carboxylic acids is 1. The first-order chi connectivity index (χ1) is 8.79. The first kappa shape index (κ1) is 14.0. The van der Waals surface area contributed by atoms with Gasteiger partial charge in [0, 0.05) is 12.7 Å². The molecule has 0 spiro atoms. The van der Waals surface area contributed by atoms with Crippen molar-refractivity contribution in [2.75, 3.05) is 18.1 Å². The highest BCUT2D eigenvalue weighted by Gasteiger charge is 2.17. The average Bonchev–Trinajstić information content (AvgIpc) is 2.41. The Hall–Kier alpha value is -2.09. The molecular weight excluding hydrogens is 230 g/mol. The van der Waals surface area contributed by atoms with E-state index in [1.165, 1.54) is 4.90 Å². The van der Waals surface area contributed by atoms with Crippen molar-refractivity contribution in [1.82, 2.24) is 4.98 Å². The largest absolute Gasteiger partial charge is 0.449 e. The minimum atomic E-state index is -0.447. The Morgan fingerprint density at radius 1 is 1.56 bits per heavy atom. The van der Waals surface area contributed by atoms with E-state index < -0.39 is 6.09 Å². The number of aromatic nitrogens is 1. The highest BCUT2D eigenvalue weighted by molar-refractivity contribution is 5.86. The van der Waals surface area contributed by atoms with Crippen LogP contribution in [-0.2, 0) is 4.74 Å². The van der Waals surface area contributed by atoms with Gasteiger partial charge in [-0.1, -0.05) is 19.4 Å². The highest BCUT2D eigenvalue weighted by Crippen LogP contribution is 2.11. The second kappa shape index (κ2) is 8.07. The first-order valence-corrected chi connectivity index (χ1v) is 6.02. The van der Waals surface area contributed by atoms with Crippen LogP contribution in [0.2, 0.25) is 0 Å². The second-order valence-corrected chi connectivity index (χ2v) is 3.72. The zero-order chi connectivity index (χ0) is 13.2. The molecule has 0 N–H and O–H groups in total. The van der Waals surface area contributed by atoms with Gasteiger partial charge in [0.05, 0.1) is 19.1 Å². The van der Waals surface area contributed by atoms with Crippen LogP contribution in [0.4, 0.5) is 10.6 Å². The third-order valence-electron chi connectivity index (χ3n) is 2.32. The fraction of sp³-hybridized carbons (Fsp3) is 0.462. The molecule has 0 aliphatic carbocycles. The topological polar surface area (TPSA) is 66.2 Å². The van der Waals surface area contributed by atoms with E-state index in [2.05, 4.69) is 4.98 Å². The summed E-state index contributed by atoms with van der Waals surface area (Å²) in [5.74, 6) is 0.509. The quantitative estimate of drug-likeness (QED) is 0.725. The predicted molar refractivity (Wildman–Crippen MR) is 68.1 cm³/mol. The van der Waals surface area contributed by atoms with Crippen LogP contribution in [0.15, 0.2) is 24.4 Å². The molecule has 0 fully saturated rings. The normalized spacial score (nSPS) is 9.56. The van der Waals surface area contributed by atoms with Crippen molar-refractivity contribution in [2.45, 2.75) is 26.2 Å². The number of hydrogen-bond acceptors (Lipinski definition) is 4. The molecule has 1 heterocycles. The number of nitriles is 1. The lowest BCUT2D eigenvalue weighted by molar-refractivity contribution is 0.152. The summed E-state index contributed by atoms with van der Waals surface area (Å²) in [6, 6.07) is 7.30. The Kier molecular flexibility index (Phi) is 6.26. The molecule has 18 heavy (non-hydrogen) atoms. The summed E-state index contributed by atoms with van der Waals surface area (Å²) >= 11 is 0.